The van der Waals surface area contributed by atoms with E-state index in [-0.39, 0.29) is 24.7 Å². The van der Waals surface area contributed by atoms with Crippen molar-refractivity contribution in [3.05, 3.63) is 0 Å². The Kier molecular flexibility index (Phi) is 4.20. The summed E-state index contributed by atoms with van der Waals surface area (Å²) in [6.07, 6.45) is 1.63. The van der Waals surface area contributed by atoms with Gasteiger partial charge in [0.05, 0.1) is 6.10 Å². The van der Waals surface area contributed by atoms with Gasteiger partial charge in [-0.1, -0.05) is 0 Å². The van der Waals surface area contributed by atoms with Gasteiger partial charge in [0, 0.05) is 19.7 Å². The normalized spacial score (nSPS) is 22.6. The van der Waals surface area contributed by atoms with E-state index in [9.17, 15) is 4.79 Å². The van der Waals surface area contributed by atoms with Gasteiger partial charge in [0.25, 0.3) is 0 Å². The third-order valence-corrected chi connectivity index (χ3v) is 2.37. The van der Waals surface area contributed by atoms with Gasteiger partial charge in [-0.3, -0.25) is 0 Å². The molecular weight excluding hydrogens is 182 g/mol. The van der Waals surface area contributed by atoms with Crippen LogP contribution in [0.2, 0.25) is 0 Å². The lowest BCUT2D eigenvalue weighted by molar-refractivity contribution is 0.0548. The minimum atomic E-state index is -0.252. The summed E-state index contributed by atoms with van der Waals surface area (Å²) < 4.78 is 5.09. The van der Waals surface area contributed by atoms with Crippen molar-refractivity contribution in [3.63, 3.8) is 0 Å². The highest BCUT2D eigenvalue weighted by Gasteiger charge is 2.24. The van der Waals surface area contributed by atoms with E-state index in [1.807, 2.05) is 13.8 Å². The third kappa shape index (κ3) is 3.18. The van der Waals surface area contributed by atoms with Gasteiger partial charge < -0.3 is 14.7 Å². The van der Waals surface area contributed by atoms with Crippen LogP contribution in [-0.4, -0.2) is 41.9 Å². The van der Waals surface area contributed by atoms with Crippen LogP contribution in [0.1, 0.15) is 26.7 Å². The smallest absolute Gasteiger partial charge is 0.410 e. The number of carbonyl (C=O) groups is 1. The van der Waals surface area contributed by atoms with Crippen molar-refractivity contribution in [2.45, 2.75) is 32.8 Å². The average Bonchev–Trinajstić information content (AvgIpc) is 2.17. The number of likely N-dealkylation sites (tertiary alicyclic amines) is 1. The van der Waals surface area contributed by atoms with E-state index in [1.165, 1.54) is 0 Å². The van der Waals surface area contributed by atoms with Crippen LogP contribution >= 0.6 is 0 Å². The summed E-state index contributed by atoms with van der Waals surface area (Å²) in [6, 6.07) is 0. The quantitative estimate of drug-likeness (QED) is 0.731. The maximum absolute atomic E-state index is 11.5. The molecule has 1 aliphatic heterocycles. The number of nitrogens with zero attached hydrogens (tertiary/aromatic N) is 1. The largest absolute Gasteiger partial charge is 0.447 e. The number of amides is 1. The summed E-state index contributed by atoms with van der Waals surface area (Å²) in [6.45, 7) is 5.21. The molecule has 82 valence electrons. The zero-order chi connectivity index (χ0) is 10.6. The van der Waals surface area contributed by atoms with E-state index in [2.05, 4.69) is 0 Å². The molecule has 4 nitrogen and oxygen atoms in total. The van der Waals surface area contributed by atoms with E-state index in [0.29, 0.717) is 6.54 Å². The first-order chi connectivity index (χ1) is 6.63. The molecule has 1 heterocycles. The zero-order valence-corrected chi connectivity index (χ0v) is 8.90. The Hall–Kier alpha value is -0.770. The molecule has 0 aliphatic carbocycles. The van der Waals surface area contributed by atoms with Crippen LogP contribution in [0.25, 0.3) is 0 Å². The van der Waals surface area contributed by atoms with Crippen molar-refractivity contribution in [1.82, 2.24) is 4.90 Å². The molecule has 4 heteroatoms. The molecule has 1 atom stereocenters. The van der Waals surface area contributed by atoms with Crippen LogP contribution in [0.3, 0.4) is 0 Å². The summed E-state index contributed by atoms with van der Waals surface area (Å²) >= 11 is 0. The number of ether oxygens (including phenoxy) is 1. The molecule has 1 fully saturated rings. The summed E-state index contributed by atoms with van der Waals surface area (Å²) in [5.74, 6) is 0.225. The molecule has 0 saturated carbocycles. The first kappa shape index (κ1) is 11.3. The molecule has 0 aromatic heterocycles. The second-order valence-electron chi connectivity index (χ2n) is 4.07. The van der Waals surface area contributed by atoms with Crippen LogP contribution in [-0.2, 0) is 4.74 Å². The lowest BCUT2D eigenvalue weighted by atomic mass is 10.00. The van der Waals surface area contributed by atoms with Gasteiger partial charge in [0.15, 0.2) is 0 Å². The van der Waals surface area contributed by atoms with Crippen LogP contribution in [0.4, 0.5) is 4.79 Å². The lowest BCUT2D eigenvalue weighted by Crippen LogP contribution is -2.41. The molecule has 1 saturated heterocycles. The van der Waals surface area contributed by atoms with Gasteiger partial charge in [-0.05, 0) is 32.6 Å². The van der Waals surface area contributed by atoms with Crippen molar-refractivity contribution in [1.29, 1.82) is 0 Å². The third-order valence-electron chi connectivity index (χ3n) is 2.37. The number of hydrogen-bond acceptors (Lipinski definition) is 3. The lowest BCUT2D eigenvalue weighted by Gasteiger charge is -2.31. The Morgan fingerprint density at radius 1 is 1.64 bits per heavy atom. The summed E-state index contributed by atoms with van der Waals surface area (Å²) in [5.41, 5.74) is 0. The molecule has 0 bridgehead atoms. The predicted molar refractivity (Wildman–Crippen MR) is 53.0 cm³/mol. The highest BCUT2D eigenvalue weighted by atomic mass is 16.6. The monoisotopic (exact) mass is 201 g/mol. The van der Waals surface area contributed by atoms with E-state index >= 15 is 0 Å². The van der Waals surface area contributed by atoms with Gasteiger partial charge in [0.2, 0.25) is 0 Å². The van der Waals surface area contributed by atoms with E-state index in [1.54, 1.807) is 4.90 Å². The maximum Gasteiger partial charge on any atom is 0.410 e. The zero-order valence-electron chi connectivity index (χ0n) is 8.90. The predicted octanol–water partition coefficient (Wildman–Crippen LogP) is 1.24. The minimum absolute atomic E-state index is 0.0722. The molecule has 1 amide bonds. The van der Waals surface area contributed by atoms with Crippen LogP contribution in [0, 0.1) is 5.92 Å². The van der Waals surface area contributed by atoms with Gasteiger partial charge in [-0.25, -0.2) is 4.79 Å². The number of piperidine rings is 1. The Labute approximate surface area is 84.8 Å². The van der Waals surface area contributed by atoms with Gasteiger partial charge >= 0.3 is 6.09 Å². The fourth-order valence-corrected chi connectivity index (χ4v) is 1.66. The van der Waals surface area contributed by atoms with Gasteiger partial charge in [0.1, 0.15) is 0 Å². The van der Waals surface area contributed by atoms with Crippen molar-refractivity contribution in [2.24, 2.45) is 5.92 Å². The highest BCUT2D eigenvalue weighted by molar-refractivity contribution is 5.67. The fraction of sp³-hybridized carbons (Fsp3) is 0.900. The van der Waals surface area contributed by atoms with Crippen molar-refractivity contribution < 1.29 is 14.6 Å². The molecule has 0 unspecified atom stereocenters. The molecule has 14 heavy (non-hydrogen) atoms. The second-order valence-corrected chi connectivity index (χ2v) is 4.07. The molecule has 1 N–H and O–H groups in total. The van der Waals surface area contributed by atoms with Crippen molar-refractivity contribution in [3.8, 4) is 0 Å². The Morgan fingerprint density at radius 3 is 2.93 bits per heavy atom. The Balaban J connectivity index is 2.39. The molecule has 1 aliphatic rings. The Morgan fingerprint density at radius 2 is 2.36 bits per heavy atom. The highest BCUT2D eigenvalue weighted by Crippen LogP contribution is 2.16. The van der Waals surface area contributed by atoms with Gasteiger partial charge in [-0.2, -0.15) is 0 Å². The molecule has 0 aromatic rings. The van der Waals surface area contributed by atoms with Crippen molar-refractivity contribution >= 4 is 6.09 Å². The molecule has 0 spiro atoms. The molecule has 0 radical (unpaired) electrons. The Bertz CT molecular complexity index is 194. The van der Waals surface area contributed by atoms with E-state index < -0.39 is 0 Å². The first-order valence-corrected chi connectivity index (χ1v) is 5.20. The van der Waals surface area contributed by atoms with Gasteiger partial charge in [-0.15, -0.1) is 0 Å². The standard InChI is InChI=1S/C10H19NO3/c1-8(2)14-10(13)11-5-3-4-9(6-11)7-12/h8-9,12H,3-7H2,1-2H3/t9-/m1/s1. The maximum atomic E-state index is 11.5. The number of hydrogen-bond donors (Lipinski definition) is 1. The van der Waals surface area contributed by atoms with E-state index in [4.69, 9.17) is 9.84 Å². The first-order valence-electron chi connectivity index (χ1n) is 5.20. The molecule has 0 aromatic carbocycles. The molecular formula is C10H19NO3. The second kappa shape index (κ2) is 5.20. The van der Waals surface area contributed by atoms with Crippen LogP contribution in [0.15, 0.2) is 0 Å². The SMILES string of the molecule is CC(C)OC(=O)N1CCC[C@@H](CO)C1. The minimum Gasteiger partial charge on any atom is -0.447 e. The van der Waals surface area contributed by atoms with Crippen LogP contribution < -0.4 is 0 Å². The summed E-state index contributed by atoms with van der Waals surface area (Å²) in [4.78, 5) is 13.2. The number of carbonyl (C=O) groups excluding carboxylic acids is 1. The fourth-order valence-electron chi connectivity index (χ4n) is 1.66. The van der Waals surface area contributed by atoms with Crippen molar-refractivity contribution in [2.75, 3.05) is 19.7 Å². The number of aliphatic hydroxyl groups excluding tert-OH is 1. The average molecular weight is 201 g/mol. The van der Waals surface area contributed by atoms with E-state index in [0.717, 1.165) is 19.4 Å². The molecule has 1 rings (SSSR count). The summed E-state index contributed by atoms with van der Waals surface area (Å²) in [5, 5.41) is 8.99. The summed E-state index contributed by atoms with van der Waals surface area (Å²) in [7, 11) is 0. The number of rotatable bonds is 2. The number of aliphatic hydroxyl groups is 1. The van der Waals surface area contributed by atoms with Crippen LogP contribution in [0.5, 0.6) is 0 Å². The topological polar surface area (TPSA) is 49.8 Å².